The Morgan fingerprint density at radius 3 is 2.75 bits per heavy atom. The Hall–Kier alpha value is -3.34. The van der Waals surface area contributed by atoms with Crippen molar-refractivity contribution in [1.29, 1.82) is 0 Å². The average Bonchev–Trinajstić information content (AvgIpc) is 3.24. The van der Waals surface area contributed by atoms with Crippen molar-refractivity contribution in [2.45, 2.75) is 6.54 Å². The molecule has 5 heteroatoms. The van der Waals surface area contributed by atoms with Crippen molar-refractivity contribution in [3.05, 3.63) is 84.3 Å². The van der Waals surface area contributed by atoms with E-state index in [1.165, 1.54) is 0 Å². The monoisotopic (exact) mass is 316 g/mol. The first-order valence-corrected chi connectivity index (χ1v) is 7.73. The van der Waals surface area contributed by atoms with Crippen LogP contribution in [0.4, 0.5) is 5.69 Å². The van der Waals surface area contributed by atoms with Gasteiger partial charge in [0, 0.05) is 23.3 Å². The predicted molar refractivity (Wildman–Crippen MR) is 94.0 cm³/mol. The molecule has 24 heavy (non-hydrogen) atoms. The van der Waals surface area contributed by atoms with Gasteiger partial charge in [-0.15, -0.1) is 0 Å². The maximum absolute atomic E-state index is 12.4. The van der Waals surface area contributed by atoms with Crippen molar-refractivity contribution in [1.82, 2.24) is 14.8 Å². The zero-order valence-electron chi connectivity index (χ0n) is 12.9. The maximum Gasteiger partial charge on any atom is 0.258 e. The third kappa shape index (κ3) is 2.79. The molecule has 0 unspecified atom stereocenters. The van der Waals surface area contributed by atoms with E-state index in [0.29, 0.717) is 12.1 Å². The number of benzene rings is 2. The first kappa shape index (κ1) is 14.3. The SMILES string of the molecule is O=C(Nc1c[nH]c2ccccc12)c1cnn(Cc2ccccc2)c1. The number of aromatic amines is 1. The number of rotatable bonds is 4. The molecule has 0 aliphatic carbocycles. The maximum atomic E-state index is 12.4. The molecule has 4 aromatic rings. The molecule has 0 saturated heterocycles. The van der Waals surface area contributed by atoms with Crippen molar-refractivity contribution >= 4 is 22.5 Å². The molecule has 4 rings (SSSR count). The number of nitrogens with one attached hydrogen (secondary N) is 2. The quantitative estimate of drug-likeness (QED) is 0.603. The summed E-state index contributed by atoms with van der Waals surface area (Å²) in [6, 6.07) is 17.9. The van der Waals surface area contributed by atoms with Gasteiger partial charge in [0.15, 0.2) is 0 Å². The summed E-state index contributed by atoms with van der Waals surface area (Å²) >= 11 is 0. The number of anilines is 1. The number of fused-ring (bicyclic) bond motifs is 1. The molecule has 2 heterocycles. The van der Waals surface area contributed by atoms with Crippen molar-refractivity contribution in [2.24, 2.45) is 0 Å². The van der Waals surface area contributed by atoms with Crippen LogP contribution in [-0.2, 0) is 6.54 Å². The summed E-state index contributed by atoms with van der Waals surface area (Å²) in [6.45, 7) is 0.640. The number of aromatic nitrogens is 3. The van der Waals surface area contributed by atoms with E-state index in [1.807, 2.05) is 54.6 Å². The summed E-state index contributed by atoms with van der Waals surface area (Å²) in [4.78, 5) is 15.6. The number of hydrogen-bond donors (Lipinski definition) is 2. The van der Waals surface area contributed by atoms with E-state index in [2.05, 4.69) is 15.4 Å². The normalized spacial score (nSPS) is 10.8. The molecule has 1 amide bonds. The van der Waals surface area contributed by atoms with Crippen LogP contribution in [0, 0.1) is 0 Å². The van der Waals surface area contributed by atoms with Crippen LogP contribution >= 0.6 is 0 Å². The van der Waals surface area contributed by atoms with Gasteiger partial charge >= 0.3 is 0 Å². The fourth-order valence-electron chi connectivity index (χ4n) is 2.71. The zero-order valence-corrected chi connectivity index (χ0v) is 12.9. The van der Waals surface area contributed by atoms with Crippen molar-refractivity contribution in [3.8, 4) is 0 Å². The lowest BCUT2D eigenvalue weighted by atomic mass is 10.2. The average molecular weight is 316 g/mol. The van der Waals surface area contributed by atoms with Crippen LogP contribution in [0.5, 0.6) is 0 Å². The van der Waals surface area contributed by atoms with Gasteiger partial charge in [-0.3, -0.25) is 9.48 Å². The highest BCUT2D eigenvalue weighted by atomic mass is 16.1. The summed E-state index contributed by atoms with van der Waals surface area (Å²) in [5, 5.41) is 8.20. The minimum atomic E-state index is -0.168. The molecule has 118 valence electrons. The van der Waals surface area contributed by atoms with Gasteiger partial charge in [0.05, 0.1) is 24.0 Å². The first-order valence-electron chi connectivity index (χ1n) is 7.73. The van der Waals surface area contributed by atoms with Crippen LogP contribution in [0.25, 0.3) is 10.9 Å². The lowest BCUT2D eigenvalue weighted by molar-refractivity contribution is 0.102. The lowest BCUT2D eigenvalue weighted by Crippen LogP contribution is -2.10. The summed E-state index contributed by atoms with van der Waals surface area (Å²) in [6.07, 6.45) is 5.15. The highest BCUT2D eigenvalue weighted by Crippen LogP contribution is 2.23. The largest absolute Gasteiger partial charge is 0.359 e. The minimum absolute atomic E-state index is 0.168. The van der Waals surface area contributed by atoms with Crippen molar-refractivity contribution in [3.63, 3.8) is 0 Å². The van der Waals surface area contributed by atoms with Gasteiger partial charge in [0.25, 0.3) is 5.91 Å². The smallest absolute Gasteiger partial charge is 0.258 e. The molecule has 0 fully saturated rings. The van der Waals surface area contributed by atoms with E-state index in [9.17, 15) is 4.79 Å². The number of carbonyl (C=O) groups excluding carboxylic acids is 1. The highest BCUT2D eigenvalue weighted by molar-refractivity contribution is 6.08. The topological polar surface area (TPSA) is 62.7 Å². The lowest BCUT2D eigenvalue weighted by Gasteiger charge is -2.02. The Labute approximate surface area is 138 Å². The minimum Gasteiger partial charge on any atom is -0.359 e. The number of amides is 1. The standard InChI is InChI=1S/C19H16N4O/c24-19(22-18-11-20-17-9-5-4-8-16(17)18)15-10-21-23(13-15)12-14-6-2-1-3-7-14/h1-11,13,20H,12H2,(H,22,24). The molecule has 2 N–H and O–H groups in total. The Bertz CT molecular complexity index is 985. The number of para-hydroxylation sites is 1. The molecule has 0 saturated carbocycles. The Morgan fingerprint density at radius 2 is 1.88 bits per heavy atom. The van der Waals surface area contributed by atoms with Crippen molar-refractivity contribution < 1.29 is 4.79 Å². The summed E-state index contributed by atoms with van der Waals surface area (Å²) in [5.41, 5.74) is 3.44. The van der Waals surface area contributed by atoms with E-state index in [0.717, 1.165) is 22.2 Å². The molecule has 5 nitrogen and oxygen atoms in total. The van der Waals surface area contributed by atoms with Gasteiger partial charge in [-0.05, 0) is 11.6 Å². The van der Waals surface area contributed by atoms with Crippen LogP contribution in [-0.4, -0.2) is 20.7 Å². The summed E-state index contributed by atoms with van der Waals surface area (Å²) in [5.74, 6) is -0.168. The Balaban J connectivity index is 1.51. The molecule has 2 aromatic heterocycles. The molecular weight excluding hydrogens is 300 g/mol. The third-order valence-corrected chi connectivity index (χ3v) is 3.92. The molecule has 0 aliphatic rings. The van der Waals surface area contributed by atoms with Gasteiger partial charge in [-0.1, -0.05) is 48.5 Å². The summed E-state index contributed by atoms with van der Waals surface area (Å²) < 4.78 is 1.76. The number of nitrogens with zero attached hydrogens (tertiary/aromatic N) is 2. The van der Waals surface area contributed by atoms with Crippen molar-refractivity contribution in [2.75, 3.05) is 5.32 Å². The van der Waals surface area contributed by atoms with Gasteiger partial charge in [0.1, 0.15) is 0 Å². The number of carbonyl (C=O) groups is 1. The van der Waals surface area contributed by atoms with Gasteiger partial charge in [0.2, 0.25) is 0 Å². The fraction of sp³-hybridized carbons (Fsp3) is 0.0526. The van der Waals surface area contributed by atoms with Gasteiger partial charge in [-0.2, -0.15) is 5.10 Å². The van der Waals surface area contributed by atoms with Crippen LogP contribution in [0.1, 0.15) is 15.9 Å². The van der Waals surface area contributed by atoms with E-state index in [-0.39, 0.29) is 5.91 Å². The van der Waals surface area contributed by atoms with E-state index >= 15 is 0 Å². The van der Waals surface area contributed by atoms with E-state index < -0.39 is 0 Å². The van der Waals surface area contributed by atoms with Crippen LogP contribution in [0.3, 0.4) is 0 Å². The third-order valence-electron chi connectivity index (χ3n) is 3.92. The molecule has 0 aliphatic heterocycles. The Kier molecular flexibility index (Phi) is 3.59. The molecule has 2 aromatic carbocycles. The molecule has 0 bridgehead atoms. The fourth-order valence-corrected chi connectivity index (χ4v) is 2.71. The molecule has 0 atom stereocenters. The van der Waals surface area contributed by atoms with Crippen LogP contribution in [0.15, 0.2) is 73.2 Å². The second kappa shape index (κ2) is 6.04. The van der Waals surface area contributed by atoms with E-state index in [4.69, 9.17) is 0 Å². The molecule has 0 radical (unpaired) electrons. The second-order valence-corrected chi connectivity index (χ2v) is 5.61. The zero-order chi connectivity index (χ0) is 16.4. The number of hydrogen-bond acceptors (Lipinski definition) is 2. The first-order chi connectivity index (χ1) is 11.8. The Morgan fingerprint density at radius 1 is 1.08 bits per heavy atom. The van der Waals surface area contributed by atoms with Gasteiger partial charge in [-0.25, -0.2) is 0 Å². The summed E-state index contributed by atoms with van der Waals surface area (Å²) in [7, 11) is 0. The number of H-pyrrole nitrogens is 1. The highest BCUT2D eigenvalue weighted by Gasteiger charge is 2.11. The second-order valence-electron chi connectivity index (χ2n) is 5.61. The molecule has 0 spiro atoms. The van der Waals surface area contributed by atoms with Crippen LogP contribution in [0.2, 0.25) is 0 Å². The van der Waals surface area contributed by atoms with Crippen LogP contribution < -0.4 is 5.32 Å². The van der Waals surface area contributed by atoms with Gasteiger partial charge < -0.3 is 10.3 Å². The molecular formula is C19H16N4O. The predicted octanol–water partition coefficient (Wildman–Crippen LogP) is 3.67. The van der Waals surface area contributed by atoms with E-state index in [1.54, 1.807) is 23.3 Å².